The Labute approximate surface area is 252 Å². The van der Waals surface area contributed by atoms with E-state index in [0.29, 0.717) is 29.5 Å². The standard InChI is InChI=1S/C29H29F6N5O5/c1-16(28(30,31)32)43-22-9-8-17(14-20(22)29(33,34)35)25-38-24(39-45-25)19-6-5-7-21-18(19)10-13-40(21)15-23(41)36-11-12-37-26(42)44-27(2,3)4/h5-10,13-14,16H,11-12,15H2,1-4H3,(H,36,41)(H,37,42)/t16-/m0/s1. The van der Waals surface area contributed by atoms with Crippen LogP contribution in [0.3, 0.4) is 0 Å². The van der Waals surface area contributed by atoms with E-state index in [4.69, 9.17) is 9.26 Å². The van der Waals surface area contributed by atoms with Crippen molar-refractivity contribution in [3.05, 3.63) is 54.2 Å². The lowest BCUT2D eigenvalue weighted by Gasteiger charge is -2.20. The van der Waals surface area contributed by atoms with Gasteiger partial charge in [0.15, 0.2) is 6.10 Å². The topological polar surface area (TPSA) is 121 Å². The minimum absolute atomic E-state index is 0.0330. The molecule has 4 rings (SSSR count). The minimum Gasteiger partial charge on any atom is -0.481 e. The molecule has 2 amide bonds. The quantitative estimate of drug-likeness (QED) is 0.162. The lowest BCUT2D eigenvalue weighted by molar-refractivity contribution is -0.191. The first-order chi connectivity index (χ1) is 20.9. The molecule has 0 aliphatic rings. The number of benzene rings is 2. The minimum atomic E-state index is -5.03. The third kappa shape index (κ3) is 8.45. The van der Waals surface area contributed by atoms with Crippen molar-refractivity contribution in [3.8, 4) is 28.6 Å². The second-order valence-corrected chi connectivity index (χ2v) is 10.9. The summed E-state index contributed by atoms with van der Waals surface area (Å²) >= 11 is 0. The van der Waals surface area contributed by atoms with Gasteiger partial charge in [-0.25, -0.2) is 4.79 Å². The van der Waals surface area contributed by atoms with Gasteiger partial charge in [-0.05, 0) is 58.0 Å². The Balaban J connectivity index is 1.48. The average Bonchev–Trinajstić information content (AvgIpc) is 3.57. The van der Waals surface area contributed by atoms with Crippen LogP contribution in [0.5, 0.6) is 5.75 Å². The van der Waals surface area contributed by atoms with E-state index in [1.54, 1.807) is 55.8 Å². The van der Waals surface area contributed by atoms with Crippen molar-refractivity contribution in [2.75, 3.05) is 13.1 Å². The zero-order valence-electron chi connectivity index (χ0n) is 24.5. The molecule has 0 bridgehead atoms. The molecule has 242 valence electrons. The number of nitrogens with zero attached hydrogens (tertiary/aromatic N) is 3. The Morgan fingerprint density at radius 2 is 1.71 bits per heavy atom. The highest BCUT2D eigenvalue weighted by atomic mass is 19.4. The first kappa shape index (κ1) is 33.1. The SMILES string of the molecule is C[C@H](Oc1ccc(-c2nc(-c3cccc4c3ccn4CC(=O)NCCNC(=O)OC(C)(C)C)no2)cc1C(F)(F)F)C(F)(F)F. The van der Waals surface area contributed by atoms with Crippen molar-refractivity contribution < 1.29 is 49.9 Å². The van der Waals surface area contributed by atoms with Gasteiger partial charge in [0.25, 0.3) is 5.89 Å². The number of hydrogen-bond donors (Lipinski definition) is 2. The lowest BCUT2D eigenvalue weighted by atomic mass is 10.1. The Bertz CT molecular complexity index is 1670. The van der Waals surface area contributed by atoms with Gasteiger partial charge < -0.3 is 29.2 Å². The monoisotopic (exact) mass is 641 g/mol. The molecule has 4 aromatic rings. The first-order valence-electron chi connectivity index (χ1n) is 13.5. The highest BCUT2D eigenvalue weighted by Crippen LogP contribution is 2.40. The molecule has 2 heterocycles. The van der Waals surface area contributed by atoms with Gasteiger partial charge in [-0.15, -0.1) is 0 Å². The van der Waals surface area contributed by atoms with Gasteiger partial charge in [0.2, 0.25) is 11.7 Å². The summed E-state index contributed by atoms with van der Waals surface area (Å²) in [6.45, 7) is 6.06. The maximum Gasteiger partial charge on any atom is 0.425 e. The van der Waals surface area contributed by atoms with Crippen LogP contribution in [0.4, 0.5) is 31.1 Å². The van der Waals surface area contributed by atoms with Crippen LogP contribution in [0.2, 0.25) is 0 Å². The van der Waals surface area contributed by atoms with Crippen LogP contribution in [0.1, 0.15) is 33.3 Å². The molecule has 45 heavy (non-hydrogen) atoms. The molecule has 2 aromatic carbocycles. The zero-order valence-corrected chi connectivity index (χ0v) is 24.5. The van der Waals surface area contributed by atoms with E-state index < -0.39 is 41.5 Å². The molecule has 0 saturated heterocycles. The second kappa shape index (κ2) is 12.7. The van der Waals surface area contributed by atoms with Gasteiger partial charge in [-0.3, -0.25) is 4.79 Å². The van der Waals surface area contributed by atoms with Crippen molar-refractivity contribution in [1.29, 1.82) is 0 Å². The molecule has 1 atom stereocenters. The number of nitrogens with one attached hydrogen (secondary N) is 2. The molecule has 16 heteroatoms. The molecule has 0 saturated carbocycles. The number of alkyl carbamates (subject to hydrolysis) is 1. The number of halogens is 6. The summed E-state index contributed by atoms with van der Waals surface area (Å²) in [5.41, 5.74) is -1.19. The predicted molar refractivity (Wildman–Crippen MR) is 149 cm³/mol. The van der Waals surface area contributed by atoms with E-state index in [1.165, 1.54) is 0 Å². The van der Waals surface area contributed by atoms with E-state index in [-0.39, 0.29) is 42.8 Å². The molecule has 0 radical (unpaired) electrons. The largest absolute Gasteiger partial charge is 0.481 e. The molecule has 2 aromatic heterocycles. The summed E-state index contributed by atoms with van der Waals surface area (Å²) < 4.78 is 96.4. The summed E-state index contributed by atoms with van der Waals surface area (Å²) in [4.78, 5) is 28.4. The number of hydrogen-bond acceptors (Lipinski definition) is 7. The normalized spacial score (nSPS) is 13.0. The van der Waals surface area contributed by atoms with Crippen LogP contribution in [0, 0.1) is 0 Å². The number of aromatic nitrogens is 3. The fourth-order valence-electron chi connectivity index (χ4n) is 4.14. The highest BCUT2D eigenvalue weighted by molar-refractivity contribution is 5.94. The molecule has 0 spiro atoms. The number of alkyl halides is 6. The van der Waals surface area contributed by atoms with Crippen LogP contribution in [-0.4, -0.2) is 57.7 Å². The fourth-order valence-corrected chi connectivity index (χ4v) is 4.14. The average molecular weight is 642 g/mol. The van der Waals surface area contributed by atoms with E-state index in [0.717, 1.165) is 12.1 Å². The van der Waals surface area contributed by atoms with E-state index in [2.05, 4.69) is 25.5 Å². The van der Waals surface area contributed by atoms with Crippen LogP contribution in [-0.2, 0) is 22.3 Å². The van der Waals surface area contributed by atoms with Crippen LogP contribution >= 0.6 is 0 Å². The molecule has 2 N–H and O–H groups in total. The lowest BCUT2D eigenvalue weighted by Crippen LogP contribution is -2.38. The molecule has 10 nitrogen and oxygen atoms in total. The molecule has 0 fully saturated rings. The van der Waals surface area contributed by atoms with Gasteiger partial charge in [-0.2, -0.15) is 31.3 Å². The van der Waals surface area contributed by atoms with Crippen LogP contribution in [0.25, 0.3) is 33.7 Å². The van der Waals surface area contributed by atoms with Crippen molar-refractivity contribution in [2.45, 2.75) is 58.3 Å². The van der Waals surface area contributed by atoms with Crippen molar-refractivity contribution in [3.63, 3.8) is 0 Å². The number of rotatable bonds is 9. The van der Waals surface area contributed by atoms with E-state index in [9.17, 15) is 35.9 Å². The Kier molecular flexibility index (Phi) is 9.35. The second-order valence-electron chi connectivity index (χ2n) is 10.9. The Morgan fingerprint density at radius 3 is 2.38 bits per heavy atom. The summed E-state index contributed by atoms with van der Waals surface area (Å²) in [5.74, 6) is -1.60. The molecule has 0 aliphatic carbocycles. The van der Waals surface area contributed by atoms with Crippen molar-refractivity contribution in [2.24, 2.45) is 0 Å². The first-order valence-corrected chi connectivity index (χ1v) is 13.5. The molecule has 0 unspecified atom stereocenters. The molecular formula is C29H29F6N5O5. The number of amides is 2. The predicted octanol–water partition coefficient (Wildman–Crippen LogP) is 6.35. The molecule has 0 aliphatic heterocycles. The van der Waals surface area contributed by atoms with Crippen molar-refractivity contribution in [1.82, 2.24) is 25.3 Å². The van der Waals surface area contributed by atoms with Gasteiger partial charge in [0.05, 0.1) is 5.56 Å². The van der Waals surface area contributed by atoms with E-state index >= 15 is 0 Å². The number of fused-ring (bicyclic) bond motifs is 1. The number of carbonyl (C=O) groups excluding carboxylic acids is 2. The molecular weight excluding hydrogens is 612 g/mol. The van der Waals surface area contributed by atoms with Gasteiger partial charge in [-0.1, -0.05) is 17.3 Å². The summed E-state index contributed by atoms with van der Waals surface area (Å²) in [7, 11) is 0. The number of carbonyl (C=O) groups is 2. The summed E-state index contributed by atoms with van der Waals surface area (Å²) in [6, 6.07) is 9.20. The summed E-state index contributed by atoms with van der Waals surface area (Å²) in [6.07, 6.45) is -11.3. The smallest absolute Gasteiger partial charge is 0.425 e. The third-order valence-corrected chi connectivity index (χ3v) is 6.21. The van der Waals surface area contributed by atoms with Gasteiger partial charge >= 0.3 is 18.4 Å². The van der Waals surface area contributed by atoms with Crippen LogP contribution in [0.15, 0.2) is 53.2 Å². The maximum atomic E-state index is 13.7. The fraction of sp³-hybridized carbons (Fsp3) is 0.379. The Hall–Kier alpha value is -4.76. The third-order valence-electron chi connectivity index (χ3n) is 6.21. The van der Waals surface area contributed by atoms with Crippen LogP contribution < -0.4 is 15.4 Å². The van der Waals surface area contributed by atoms with E-state index in [1.807, 2.05) is 0 Å². The Morgan fingerprint density at radius 1 is 1.00 bits per heavy atom. The highest BCUT2D eigenvalue weighted by Gasteiger charge is 2.41. The zero-order chi connectivity index (χ0) is 33.2. The van der Waals surface area contributed by atoms with Gasteiger partial charge in [0.1, 0.15) is 17.9 Å². The number of ether oxygens (including phenoxy) is 2. The van der Waals surface area contributed by atoms with Crippen molar-refractivity contribution >= 4 is 22.9 Å². The van der Waals surface area contributed by atoms with Gasteiger partial charge in [0, 0.05) is 41.3 Å². The maximum absolute atomic E-state index is 13.7. The summed E-state index contributed by atoms with van der Waals surface area (Å²) in [5, 5.41) is 9.73.